The average Bonchev–Trinajstić information content (AvgIpc) is 3.22. The van der Waals surface area contributed by atoms with Crippen LogP contribution in [0.1, 0.15) is 11.1 Å². The van der Waals surface area contributed by atoms with Gasteiger partial charge >= 0.3 is 0 Å². The first kappa shape index (κ1) is 32.0. The summed E-state index contributed by atoms with van der Waals surface area (Å²) in [6.07, 6.45) is 0. The van der Waals surface area contributed by atoms with Gasteiger partial charge in [-0.25, -0.2) is 0 Å². The van der Waals surface area contributed by atoms with Gasteiger partial charge in [-0.2, -0.15) is 0 Å². The Morgan fingerprint density at radius 2 is 0.615 bits per heavy atom. The molecule has 0 N–H and O–H groups in total. The molecule has 0 aliphatic carbocycles. The van der Waals surface area contributed by atoms with Crippen LogP contribution in [-0.2, 0) is 0 Å². The van der Waals surface area contributed by atoms with Gasteiger partial charge in [-0.05, 0) is 93.4 Å². The highest BCUT2D eigenvalue weighted by atomic mass is 32.2. The zero-order chi connectivity index (χ0) is 34.7. The van der Waals surface area contributed by atoms with Gasteiger partial charge in [0.2, 0.25) is 0 Å². The van der Waals surface area contributed by atoms with Crippen LogP contribution in [0, 0.1) is 0 Å². The van der Waals surface area contributed by atoms with Gasteiger partial charge in [0.25, 0.3) is 0 Å². The molecule has 8 aromatic rings. The maximum Gasteiger partial charge on any atom is 0.0540 e. The van der Waals surface area contributed by atoms with Gasteiger partial charge in [0, 0.05) is 43.3 Å². The molecule has 2 nitrogen and oxygen atoms in total. The van der Waals surface area contributed by atoms with Crippen molar-refractivity contribution in [2.24, 2.45) is 0 Å². The lowest BCUT2D eigenvalue weighted by Gasteiger charge is -2.27. The third-order valence-corrected chi connectivity index (χ3v) is 11.6. The number of thioether (sulfide) groups is 2. The fourth-order valence-corrected chi connectivity index (χ4v) is 9.23. The molecule has 0 unspecified atom stereocenters. The highest BCUT2D eigenvalue weighted by molar-refractivity contribution is 8.20. The van der Waals surface area contributed by atoms with Crippen LogP contribution < -0.4 is 9.80 Å². The van der Waals surface area contributed by atoms with Gasteiger partial charge in [0.05, 0.1) is 11.4 Å². The molecule has 1 aliphatic heterocycles. The Bertz CT molecular complexity index is 2310. The monoisotopic (exact) mass is 702 g/mol. The number of benzene rings is 8. The molecular weight excluding hydrogens is 669 g/mol. The van der Waals surface area contributed by atoms with E-state index >= 15 is 0 Å². The lowest BCUT2D eigenvalue weighted by molar-refractivity contribution is 1.30. The maximum atomic E-state index is 2.36. The van der Waals surface area contributed by atoms with Crippen LogP contribution in [0.5, 0.6) is 0 Å². The number of nitrogens with zero attached hydrogens (tertiary/aromatic N) is 2. The molecule has 0 aromatic heterocycles. The molecule has 4 heteroatoms. The van der Waals surface area contributed by atoms with Crippen molar-refractivity contribution in [3.63, 3.8) is 0 Å². The summed E-state index contributed by atoms with van der Waals surface area (Å²) in [5, 5.41) is 9.49. The second kappa shape index (κ2) is 14.4. The normalized spacial score (nSPS) is 12.7. The van der Waals surface area contributed by atoms with Crippen molar-refractivity contribution < 1.29 is 0 Å². The summed E-state index contributed by atoms with van der Waals surface area (Å²) >= 11 is 3.62. The minimum atomic E-state index is 1.13. The van der Waals surface area contributed by atoms with Crippen molar-refractivity contribution in [2.75, 3.05) is 9.80 Å². The van der Waals surface area contributed by atoms with E-state index in [0.717, 1.165) is 34.1 Å². The zero-order valence-electron chi connectivity index (χ0n) is 28.3. The van der Waals surface area contributed by atoms with Gasteiger partial charge in [-0.1, -0.05) is 145 Å². The van der Waals surface area contributed by atoms with Crippen LogP contribution in [0.25, 0.3) is 31.4 Å². The molecule has 248 valence electrons. The predicted octanol–water partition coefficient (Wildman–Crippen LogP) is 14.7. The van der Waals surface area contributed by atoms with E-state index in [1.54, 1.807) is 11.8 Å². The second-order valence-corrected chi connectivity index (χ2v) is 14.4. The summed E-state index contributed by atoms with van der Waals surface area (Å²) in [5.74, 6) is 0. The molecule has 8 aromatic carbocycles. The lowest BCUT2D eigenvalue weighted by atomic mass is 10.0. The molecule has 1 heterocycles. The van der Waals surface area contributed by atoms with E-state index in [2.05, 4.69) is 215 Å². The number of hydrogen-bond donors (Lipinski definition) is 0. The van der Waals surface area contributed by atoms with E-state index in [4.69, 9.17) is 0 Å². The summed E-state index contributed by atoms with van der Waals surface area (Å²) in [5.41, 5.74) is 9.32. The second-order valence-electron chi connectivity index (χ2n) is 12.6. The van der Waals surface area contributed by atoms with E-state index in [0.29, 0.717) is 0 Å². The van der Waals surface area contributed by atoms with Gasteiger partial charge in [0.15, 0.2) is 0 Å². The third-order valence-electron chi connectivity index (χ3n) is 9.44. The first-order chi connectivity index (χ1) is 25.8. The topological polar surface area (TPSA) is 6.48 Å². The Morgan fingerprint density at radius 1 is 0.288 bits per heavy atom. The van der Waals surface area contributed by atoms with Gasteiger partial charge < -0.3 is 9.80 Å². The summed E-state index contributed by atoms with van der Waals surface area (Å²) < 4.78 is 0. The van der Waals surface area contributed by atoms with Crippen LogP contribution >= 0.6 is 23.5 Å². The summed E-state index contributed by atoms with van der Waals surface area (Å²) in [7, 11) is 0. The fraction of sp³-hybridized carbons (Fsp3) is 0. The molecule has 0 spiro atoms. The van der Waals surface area contributed by atoms with E-state index < -0.39 is 0 Å². The standard InChI is InChI=1S/C48H34N2S2/c1-5-17-35(18-6-1)49(36-19-7-2-8-20-36)45-31-15-25-39-41(45)27-13-29-43(39)47-33-51-34-48(52-47)44-30-14-28-42-40(44)26-16-32-46(42)50(37-21-9-3-10-22-37)38-23-11-4-12-24-38/h1-34H. The first-order valence-corrected chi connectivity index (χ1v) is 19.2. The van der Waals surface area contributed by atoms with Crippen molar-refractivity contribution in [1.29, 1.82) is 0 Å². The Balaban J connectivity index is 1.11. The van der Waals surface area contributed by atoms with Crippen LogP contribution in [0.2, 0.25) is 0 Å². The van der Waals surface area contributed by atoms with E-state index in [1.165, 1.54) is 42.5 Å². The maximum absolute atomic E-state index is 2.36. The first-order valence-electron chi connectivity index (χ1n) is 17.4. The fourth-order valence-electron chi connectivity index (χ4n) is 7.13. The quantitative estimate of drug-likeness (QED) is 0.155. The highest BCUT2D eigenvalue weighted by Gasteiger charge is 2.21. The Hall–Kier alpha value is -5.94. The molecule has 0 amide bonds. The molecule has 0 fully saturated rings. The summed E-state index contributed by atoms with van der Waals surface area (Å²) in [6.45, 7) is 0. The largest absolute Gasteiger partial charge is 0.310 e. The van der Waals surface area contributed by atoms with E-state index in [9.17, 15) is 0 Å². The van der Waals surface area contributed by atoms with Crippen LogP contribution in [0.4, 0.5) is 34.1 Å². The van der Waals surface area contributed by atoms with Gasteiger partial charge in [-0.3, -0.25) is 0 Å². The number of anilines is 6. The van der Waals surface area contributed by atoms with Crippen LogP contribution in [0.15, 0.2) is 205 Å². The lowest BCUT2D eigenvalue weighted by Crippen LogP contribution is -2.10. The van der Waals surface area contributed by atoms with E-state index in [-0.39, 0.29) is 0 Å². The summed E-state index contributed by atoms with van der Waals surface area (Å²) in [6, 6.07) is 69.4. The van der Waals surface area contributed by atoms with Crippen molar-refractivity contribution in [3.05, 3.63) is 216 Å². The Morgan fingerprint density at radius 3 is 0.981 bits per heavy atom. The molecular formula is C48H34N2S2. The van der Waals surface area contributed by atoms with Crippen molar-refractivity contribution >= 4 is 89.0 Å². The molecule has 1 aliphatic rings. The minimum absolute atomic E-state index is 1.13. The predicted molar refractivity (Wildman–Crippen MR) is 228 cm³/mol. The van der Waals surface area contributed by atoms with Gasteiger partial charge in [-0.15, -0.1) is 11.8 Å². The average molecular weight is 703 g/mol. The Labute approximate surface area is 313 Å². The van der Waals surface area contributed by atoms with Crippen LogP contribution in [0.3, 0.4) is 0 Å². The van der Waals surface area contributed by atoms with Crippen molar-refractivity contribution in [2.45, 2.75) is 0 Å². The molecule has 0 saturated carbocycles. The van der Waals surface area contributed by atoms with Crippen molar-refractivity contribution in [1.82, 2.24) is 0 Å². The number of hydrogen-bond acceptors (Lipinski definition) is 4. The molecule has 0 saturated heterocycles. The van der Waals surface area contributed by atoms with Gasteiger partial charge in [0.1, 0.15) is 0 Å². The summed E-state index contributed by atoms with van der Waals surface area (Å²) in [4.78, 5) is 7.21. The highest BCUT2D eigenvalue weighted by Crippen LogP contribution is 2.50. The number of fused-ring (bicyclic) bond motifs is 2. The zero-order valence-corrected chi connectivity index (χ0v) is 30.0. The Kier molecular flexibility index (Phi) is 8.83. The third kappa shape index (κ3) is 6.06. The number of rotatable bonds is 8. The SMILES string of the molecule is C1=C(c2cccc3c(N(c4ccccc4)c4ccccc4)cccc23)SC(c2cccc3c(N(c4ccccc4)c4ccccc4)cccc23)=CS1. The molecule has 52 heavy (non-hydrogen) atoms. The van der Waals surface area contributed by atoms with E-state index in [1.807, 2.05) is 11.8 Å². The minimum Gasteiger partial charge on any atom is -0.310 e. The smallest absolute Gasteiger partial charge is 0.0540 e. The molecule has 9 rings (SSSR count). The number of para-hydroxylation sites is 4. The van der Waals surface area contributed by atoms with Crippen LogP contribution in [-0.4, -0.2) is 0 Å². The molecule has 0 bridgehead atoms. The molecule has 0 atom stereocenters. The van der Waals surface area contributed by atoms with Crippen molar-refractivity contribution in [3.8, 4) is 0 Å². The molecule has 0 radical (unpaired) electrons.